The van der Waals surface area contributed by atoms with Gasteiger partial charge >= 0.3 is 0 Å². The average molecular weight is 315 g/mol. The molecular weight excluding hydrogens is 298 g/mol. The lowest BCUT2D eigenvalue weighted by molar-refractivity contribution is 0.143. The molecular formula is C14H17N7O2. The summed E-state index contributed by atoms with van der Waals surface area (Å²) < 4.78 is 5.25. The van der Waals surface area contributed by atoms with Crippen LogP contribution in [0.25, 0.3) is 11.2 Å². The second-order valence-electron chi connectivity index (χ2n) is 5.88. The molecule has 0 radical (unpaired) electrons. The Balaban J connectivity index is 1.59. The van der Waals surface area contributed by atoms with E-state index in [0.29, 0.717) is 31.0 Å². The Kier molecular flexibility index (Phi) is 3.15. The van der Waals surface area contributed by atoms with Gasteiger partial charge in [0, 0.05) is 31.5 Å². The number of aliphatic hydroxyl groups excluding tert-OH is 1. The second kappa shape index (κ2) is 5.20. The lowest BCUT2D eigenvalue weighted by Gasteiger charge is -2.17. The van der Waals surface area contributed by atoms with Gasteiger partial charge in [-0.3, -0.25) is 0 Å². The number of anilines is 2. The zero-order valence-corrected chi connectivity index (χ0v) is 12.6. The van der Waals surface area contributed by atoms with Crippen LogP contribution in [0.5, 0.6) is 0 Å². The van der Waals surface area contributed by atoms with Crippen LogP contribution in [0.1, 0.15) is 11.5 Å². The summed E-state index contributed by atoms with van der Waals surface area (Å²) in [7, 11) is 0. The molecule has 0 aromatic carbocycles. The summed E-state index contributed by atoms with van der Waals surface area (Å²) in [6, 6.07) is 1.89. The largest absolute Gasteiger partial charge is 0.391 e. The number of imidazole rings is 1. The van der Waals surface area contributed by atoms with Crippen molar-refractivity contribution in [1.82, 2.24) is 25.1 Å². The van der Waals surface area contributed by atoms with E-state index in [-0.39, 0.29) is 11.9 Å². The maximum atomic E-state index is 10.4. The molecule has 0 amide bonds. The van der Waals surface area contributed by atoms with Crippen molar-refractivity contribution in [1.29, 1.82) is 0 Å². The van der Waals surface area contributed by atoms with E-state index in [1.54, 1.807) is 6.33 Å². The van der Waals surface area contributed by atoms with Gasteiger partial charge in [-0.05, 0) is 6.92 Å². The van der Waals surface area contributed by atoms with Gasteiger partial charge in [0.2, 0.25) is 5.95 Å². The number of aliphatic hydroxyl groups is 1. The molecule has 1 fully saturated rings. The van der Waals surface area contributed by atoms with E-state index in [1.165, 1.54) is 0 Å². The highest BCUT2D eigenvalue weighted by molar-refractivity contribution is 5.84. The van der Waals surface area contributed by atoms with Crippen LogP contribution in [0.4, 0.5) is 11.8 Å². The predicted octanol–water partition coefficient (Wildman–Crippen LogP) is 0.271. The Morgan fingerprint density at radius 1 is 1.43 bits per heavy atom. The van der Waals surface area contributed by atoms with Gasteiger partial charge in [0.15, 0.2) is 11.5 Å². The first kappa shape index (κ1) is 13.9. The first-order valence-corrected chi connectivity index (χ1v) is 7.42. The Hall–Kier alpha value is -2.68. The maximum absolute atomic E-state index is 10.4. The van der Waals surface area contributed by atoms with Crippen molar-refractivity contribution in [2.24, 2.45) is 5.92 Å². The fraction of sp³-hybridized carbons (Fsp3) is 0.429. The minimum Gasteiger partial charge on any atom is -0.391 e. The van der Waals surface area contributed by atoms with Crippen molar-refractivity contribution in [3.05, 3.63) is 23.8 Å². The molecule has 1 saturated heterocycles. The van der Waals surface area contributed by atoms with Gasteiger partial charge in [-0.25, -0.2) is 4.98 Å². The normalized spacial score (nSPS) is 21.4. The van der Waals surface area contributed by atoms with E-state index in [9.17, 15) is 5.11 Å². The number of aryl methyl sites for hydroxylation is 1. The number of aromatic nitrogens is 5. The van der Waals surface area contributed by atoms with E-state index in [0.717, 1.165) is 17.0 Å². The van der Waals surface area contributed by atoms with Crippen molar-refractivity contribution >= 4 is 22.9 Å². The number of rotatable bonds is 3. The molecule has 4 N–H and O–H groups in total. The fourth-order valence-corrected chi connectivity index (χ4v) is 3.06. The number of hydrogen-bond acceptors (Lipinski definition) is 8. The summed E-state index contributed by atoms with van der Waals surface area (Å²) in [6.07, 6.45) is 1.71. The molecule has 0 aliphatic carbocycles. The molecule has 9 nitrogen and oxygen atoms in total. The number of nitrogens with one attached hydrogen (secondary N) is 1. The van der Waals surface area contributed by atoms with Crippen LogP contribution in [0.3, 0.4) is 0 Å². The monoisotopic (exact) mass is 315 g/mol. The standard InChI is InChI=1S/C14H17N7O2/c1-7-2-9(23-20-7)3-8-4-21(5-10(8)22)13-11-12(17-6-16-11)18-14(15)19-13/h2,6,8,10,22H,3-5H2,1H3,(H3,15,16,17,18,19)/t8-,10-/m1/s1. The quantitative estimate of drug-likeness (QED) is 0.628. The molecule has 1 aliphatic heterocycles. The van der Waals surface area contributed by atoms with Gasteiger partial charge in [-0.15, -0.1) is 0 Å². The predicted molar refractivity (Wildman–Crippen MR) is 82.7 cm³/mol. The molecule has 3 aromatic heterocycles. The number of H-pyrrole nitrogens is 1. The van der Waals surface area contributed by atoms with Gasteiger partial charge in [0.05, 0.1) is 18.1 Å². The summed E-state index contributed by atoms with van der Waals surface area (Å²) in [6.45, 7) is 3.00. The summed E-state index contributed by atoms with van der Waals surface area (Å²) in [4.78, 5) is 17.5. The fourth-order valence-electron chi connectivity index (χ4n) is 3.06. The molecule has 0 spiro atoms. The van der Waals surface area contributed by atoms with Crippen LogP contribution < -0.4 is 10.6 Å². The van der Waals surface area contributed by atoms with Crippen LogP contribution >= 0.6 is 0 Å². The van der Waals surface area contributed by atoms with E-state index < -0.39 is 6.10 Å². The van der Waals surface area contributed by atoms with E-state index in [1.807, 2.05) is 17.9 Å². The number of nitrogen functional groups attached to an aromatic ring is 1. The Labute approximate surface area is 131 Å². The SMILES string of the molecule is Cc1cc(C[C@@H]2CN(c3nc(N)nc4nc[nH]c34)C[C@H]2O)on1. The number of nitrogens with two attached hydrogens (primary N) is 1. The van der Waals surface area contributed by atoms with E-state index in [4.69, 9.17) is 10.3 Å². The average Bonchev–Trinajstić information content (AvgIpc) is 3.20. The zero-order valence-electron chi connectivity index (χ0n) is 12.6. The number of hydrogen-bond donors (Lipinski definition) is 3. The van der Waals surface area contributed by atoms with Gasteiger partial charge < -0.3 is 25.2 Å². The highest BCUT2D eigenvalue weighted by Crippen LogP contribution is 2.29. The Bertz CT molecular complexity index is 843. The molecule has 0 saturated carbocycles. The van der Waals surface area contributed by atoms with Crippen LogP contribution in [-0.2, 0) is 6.42 Å². The van der Waals surface area contributed by atoms with Crippen molar-refractivity contribution in [2.75, 3.05) is 23.7 Å². The van der Waals surface area contributed by atoms with E-state index >= 15 is 0 Å². The van der Waals surface area contributed by atoms with Gasteiger partial charge in [0.25, 0.3) is 0 Å². The minimum atomic E-state index is -0.477. The molecule has 23 heavy (non-hydrogen) atoms. The lowest BCUT2D eigenvalue weighted by Crippen LogP contribution is -2.23. The first-order valence-electron chi connectivity index (χ1n) is 7.42. The smallest absolute Gasteiger partial charge is 0.224 e. The maximum Gasteiger partial charge on any atom is 0.224 e. The van der Waals surface area contributed by atoms with Gasteiger partial charge in [-0.2, -0.15) is 9.97 Å². The third-order valence-electron chi connectivity index (χ3n) is 4.13. The highest BCUT2D eigenvalue weighted by atomic mass is 16.5. The molecule has 4 rings (SSSR count). The van der Waals surface area contributed by atoms with Crippen LogP contribution in [0.2, 0.25) is 0 Å². The zero-order chi connectivity index (χ0) is 16.0. The molecule has 0 unspecified atom stereocenters. The summed E-state index contributed by atoms with van der Waals surface area (Å²) in [5, 5.41) is 14.3. The summed E-state index contributed by atoms with van der Waals surface area (Å²) in [5.74, 6) is 1.66. The summed E-state index contributed by atoms with van der Waals surface area (Å²) in [5.41, 5.74) is 7.85. The molecule has 3 aromatic rings. The third kappa shape index (κ3) is 2.48. The van der Waals surface area contributed by atoms with Crippen molar-refractivity contribution in [3.63, 3.8) is 0 Å². The topological polar surface area (TPSA) is 130 Å². The first-order chi connectivity index (χ1) is 11.1. The highest BCUT2D eigenvalue weighted by Gasteiger charge is 2.34. The third-order valence-corrected chi connectivity index (χ3v) is 4.13. The second-order valence-corrected chi connectivity index (χ2v) is 5.88. The lowest BCUT2D eigenvalue weighted by atomic mass is 10.0. The van der Waals surface area contributed by atoms with Crippen LogP contribution in [0.15, 0.2) is 16.9 Å². The van der Waals surface area contributed by atoms with Crippen molar-refractivity contribution in [2.45, 2.75) is 19.4 Å². The number of aromatic amines is 1. The Morgan fingerprint density at radius 3 is 3.09 bits per heavy atom. The molecule has 9 heteroatoms. The van der Waals surface area contributed by atoms with E-state index in [2.05, 4.69) is 25.1 Å². The van der Waals surface area contributed by atoms with Gasteiger partial charge in [0.1, 0.15) is 11.3 Å². The molecule has 1 aliphatic rings. The van der Waals surface area contributed by atoms with Crippen LogP contribution in [-0.4, -0.2) is 49.4 Å². The number of nitrogens with zero attached hydrogens (tertiary/aromatic N) is 5. The molecule has 0 bridgehead atoms. The molecule has 4 heterocycles. The molecule has 2 atom stereocenters. The Morgan fingerprint density at radius 2 is 2.30 bits per heavy atom. The minimum absolute atomic E-state index is 0.0384. The molecule has 120 valence electrons. The van der Waals surface area contributed by atoms with Crippen LogP contribution in [0, 0.1) is 12.8 Å². The van der Waals surface area contributed by atoms with Crippen molar-refractivity contribution in [3.8, 4) is 0 Å². The number of fused-ring (bicyclic) bond motifs is 1. The van der Waals surface area contributed by atoms with Gasteiger partial charge in [-0.1, -0.05) is 5.16 Å². The summed E-state index contributed by atoms with van der Waals surface area (Å²) >= 11 is 0. The number of β-amino-alcohol motifs (C(OH)–C–C–N with tert-alkyl or cyclic N) is 1. The van der Waals surface area contributed by atoms with Crippen molar-refractivity contribution < 1.29 is 9.63 Å².